The van der Waals surface area contributed by atoms with Crippen LogP contribution in [0.3, 0.4) is 0 Å². The van der Waals surface area contributed by atoms with Crippen LogP contribution in [-0.2, 0) is 0 Å². The average molecular weight is 481 g/mol. The number of aromatic nitrogens is 2. The predicted molar refractivity (Wildman–Crippen MR) is 144 cm³/mol. The number of rotatable bonds is 8. The fourth-order valence-electron chi connectivity index (χ4n) is 4.31. The summed E-state index contributed by atoms with van der Waals surface area (Å²) < 4.78 is 0. The molecule has 3 aromatic carbocycles. The van der Waals surface area contributed by atoms with Gasteiger partial charge in [-0.1, -0.05) is 30.3 Å². The highest BCUT2D eigenvalue weighted by atomic mass is 16.2. The van der Waals surface area contributed by atoms with E-state index in [-0.39, 0.29) is 11.8 Å². The molecular weight excluding hydrogens is 452 g/mol. The van der Waals surface area contributed by atoms with Gasteiger partial charge in [-0.05, 0) is 64.7 Å². The third-order valence-corrected chi connectivity index (χ3v) is 6.12. The van der Waals surface area contributed by atoms with Crippen LogP contribution in [0.5, 0.6) is 0 Å². The molecule has 0 spiro atoms. The number of hydrogen-bond donors (Lipinski definition) is 6. The molecule has 0 unspecified atom stereocenters. The zero-order valence-corrected chi connectivity index (χ0v) is 19.7. The summed E-state index contributed by atoms with van der Waals surface area (Å²) in [6.45, 7) is 1.66. The predicted octanol–water partition coefficient (Wildman–Crippen LogP) is 3.36. The molecule has 5 rings (SSSR count). The van der Waals surface area contributed by atoms with Gasteiger partial charge in [0.1, 0.15) is 11.4 Å². The van der Waals surface area contributed by atoms with Gasteiger partial charge in [0.15, 0.2) is 0 Å². The first-order valence-corrected chi connectivity index (χ1v) is 11.9. The Morgan fingerprint density at radius 1 is 0.611 bits per heavy atom. The Hall–Kier alpha value is -4.40. The van der Waals surface area contributed by atoms with E-state index >= 15 is 0 Å². The summed E-state index contributed by atoms with van der Waals surface area (Å²) in [5.74, 6) is -0.333. The Morgan fingerprint density at radius 2 is 1.06 bits per heavy atom. The lowest BCUT2D eigenvalue weighted by Crippen LogP contribution is -2.29. The van der Waals surface area contributed by atoms with E-state index in [4.69, 9.17) is 11.5 Å². The second-order valence-electron chi connectivity index (χ2n) is 8.64. The van der Waals surface area contributed by atoms with Gasteiger partial charge in [-0.2, -0.15) is 0 Å². The van der Waals surface area contributed by atoms with Crippen molar-refractivity contribution in [2.45, 2.75) is 0 Å². The van der Waals surface area contributed by atoms with Crippen molar-refractivity contribution < 1.29 is 9.59 Å². The molecule has 8 nitrogen and oxygen atoms in total. The standard InChI is InChI=1S/C28H28N6O2/c29-8-10-31-27(35)25-15-21-13-19(4-6-23(21)33-25)17-2-1-3-18(12-17)20-5-7-24-22(14-20)16-26(34-24)28(36)32-11-9-30/h1-7,12-16,33-34H,8-11,29-30H2,(H,31,35)(H,32,36). The molecule has 0 bridgehead atoms. The Labute approximate surface area is 208 Å². The minimum absolute atomic E-state index is 0.166. The first-order chi connectivity index (χ1) is 17.6. The highest BCUT2D eigenvalue weighted by molar-refractivity contribution is 6.00. The number of aromatic amines is 2. The van der Waals surface area contributed by atoms with Gasteiger partial charge in [0, 0.05) is 48.0 Å². The van der Waals surface area contributed by atoms with Crippen LogP contribution in [0, 0.1) is 0 Å². The lowest BCUT2D eigenvalue weighted by Gasteiger charge is -2.07. The van der Waals surface area contributed by atoms with Gasteiger partial charge in [-0.3, -0.25) is 9.59 Å². The molecule has 2 aromatic heterocycles. The SMILES string of the molecule is NCCNC(=O)c1cc2cc(-c3cccc(-c4ccc5[nH]c(C(=O)NCCN)cc5c4)c3)ccc2[nH]1. The van der Waals surface area contributed by atoms with Crippen LogP contribution < -0.4 is 22.1 Å². The lowest BCUT2D eigenvalue weighted by atomic mass is 9.98. The normalized spacial score (nSPS) is 11.2. The molecule has 2 heterocycles. The van der Waals surface area contributed by atoms with E-state index in [2.05, 4.69) is 50.9 Å². The number of amides is 2. The van der Waals surface area contributed by atoms with E-state index in [1.807, 2.05) is 42.5 Å². The average Bonchev–Trinajstić information content (AvgIpc) is 3.54. The highest BCUT2D eigenvalue weighted by Gasteiger charge is 2.12. The number of benzene rings is 3. The Bertz CT molecular complexity index is 1450. The second-order valence-corrected chi connectivity index (χ2v) is 8.64. The van der Waals surface area contributed by atoms with E-state index in [0.717, 1.165) is 44.1 Å². The lowest BCUT2D eigenvalue weighted by molar-refractivity contribution is 0.0942. The molecule has 8 N–H and O–H groups in total. The van der Waals surface area contributed by atoms with Gasteiger partial charge in [0.25, 0.3) is 11.8 Å². The molecule has 36 heavy (non-hydrogen) atoms. The molecular formula is C28H28N6O2. The summed E-state index contributed by atoms with van der Waals surface area (Å²) in [6.07, 6.45) is 0. The number of carbonyl (C=O) groups is 2. The largest absolute Gasteiger partial charge is 0.351 e. The van der Waals surface area contributed by atoms with Crippen molar-refractivity contribution in [1.82, 2.24) is 20.6 Å². The van der Waals surface area contributed by atoms with E-state index in [0.29, 0.717) is 37.6 Å². The summed E-state index contributed by atoms with van der Waals surface area (Å²) in [7, 11) is 0. The Kier molecular flexibility index (Phi) is 6.53. The number of H-pyrrole nitrogens is 2. The molecule has 0 aliphatic rings. The summed E-state index contributed by atoms with van der Waals surface area (Å²) in [6, 6.07) is 24.2. The van der Waals surface area contributed by atoms with Gasteiger partial charge >= 0.3 is 0 Å². The minimum Gasteiger partial charge on any atom is -0.351 e. The molecule has 2 amide bonds. The van der Waals surface area contributed by atoms with Crippen molar-refractivity contribution in [3.05, 3.63) is 84.2 Å². The fraction of sp³-hybridized carbons (Fsp3) is 0.143. The number of nitrogens with two attached hydrogens (primary N) is 2. The number of fused-ring (bicyclic) bond motifs is 2. The molecule has 0 aliphatic carbocycles. The molecule has 182 valence electrons. The van der Waals surface area contributed by atoms with Crippen LogP contribution in [0.25, 0.3) is 44.1 Å². The van der Waals surface area contributed by atoms with Crippen LogP contribution >= 0.6 is 0 Å². The molecule has 5 aromatic rings. The van der Waals surface area contributed by atoms with E-state index in [1.165, 1.54) is 0 Å². The van der Waals surface area contributed by atoms with Crippen LogP contribution in [0.2, 0.25) is 0 Å². The maximum Gasteiger partial charge on any atom is 0.267 e. The fourth-order valence-corrected chi connectivity index (χ4v) is 4.31. The number of hydrogen-bond acceptors (Lipinski definition) is 4. The summed E-state index contributed by atoms with van der Waals surface area (Å²) in [5.41, 5.74) is 18.0. The minimum atomic E-state index is -0.166. The van der Waals surface area contributed by atoms with E-state index in [9.17, 15) is 9.59 Å². The maximum atomic E-state index is 12.3. The van der Waals surface area contributed by atoms with Gasteiger partial charge in [0.05, 0.1) is 0 Å². The zero-order valence-electron chi connectivity index (χ0n) is 19.7. The molecule has 8 heteroatoms. The van der Waals surface area contributed by atoms with Crippen molar-refractivity contribution in [2.75, 3.05) is 26.2 Å². The van der Waals surface area contributed by atoms with Crippen LogP contribution in [-0.4, -0.2) is 48.0 Å². The second kappa shape index (κ2) is 10.1. The highest BCUT2D eigenvalue weighted by Crippen LogP contribution is 2.30. The quantitative estimate of drug-likeness (QED) is 0.202. The Morgan fingerprint density at radius 3 is 1.50 bits per heavy atom. The smallest absolute Gasteiger partial charge is 0.267 e. The van der Waals surface area contributed by atoms with Crippen LogP contribution in [0.1, 0.15) is 21.0 Å². The summed E-state index contributed by atoms with van der Waals surface area (Å²) in [5, 5.41) is 7.50. The number of nitrogens with one attached hydrogen (secondary N) is 4. The van der Waals surface area contributed by atoms with Gasteiger partial charge in [0.2, 0.25) is 0 Å². The van der Waals surface area contributed by atoms with Crippen molar-refractivity contribution in [1.29, 1.82) is 0 Å². The van der Waals surface area contributed by atoms with Gasteiger partial charge in [-0.25, -0.2) is 0 Å². The van der Waals surface area contributed by atoms with Crippen molar-refractivity contribution in [3.8, 4) is 22.3 Å². The molecule has 0 fully saturated rings. The molecule has 0 saturated carbocycles. The Balaban J connectivity index is 1.42. The van der Waals surface area contributed by atoms with Crippen molar-refractivity contribution in [3.63, 3.8) is 0 Å². The summed E-state index contributed by atoms with van der Waals surface area (Å²) >= 11 is 0. The zero-order chi connectivity index (χ0) is 25.1. The monoisotopic (exact) mass is 480 g/mol. The van der Waals surface area contributed by atoms with Crippen molar-refractivity contribution in [2.24, 2.45) is 11.5 Å². The topological polar surface area (TPSA) is 142 Å². The van der Waals surface area contributed by atoms with Crippen LogP contribution in [0.15, 0.2) is 72.8 Å². The molecule has 0 atom stereocenters. The summed E-state index contributed by atoms with van der Waals surface area (Å²) in [4.78, 5) is 30.9. The van der Waals surface area contributed by atoms with Gasteiger partial charge < -0.3 is 32.1 Å². The van der Waals surface area contributed by atoms with E-state index in [1.54, 1.807) is 0 Å². The van der Waals surface area contributed by atoms with Crippen LogP contribution in [0.4, 0.5) is 0 Å². The molecule has 0 saturated heterocycles. The first kappa shape index (κ1) is 23.3. The molecule has 0 aliphatic heterocycles. The third kappa shape index (κ3) is 4.72. The van der Waals surface area contributed by atoms with Crippen molar-refractivity contribution >= 4 is 33.6 Å². The third-order valence-electron chi connectivity index (χ3n) is 6.12. The van der Waals surface area contributed by atoms with E-state index < -0.39 is 0 Å². The molecule has 0 radical (unpaired) electrons. The first-order valence-electron chi connectivity index (χ1n) is 11.9. The maximum absolute atomic E-state index is 12.3. The number of carbonyl (C=O) groups excluding carboxylic acids is 2. The van der Waals surface area contributed by atoms with Gasteiger partial charge in [-0.15, -0.1) is 0 Å².